The fourth-order valence-electron chi connectivity index (χ4n) is 1.82. The SMILES string of the molecule is CO[C@]12CCC[C@H]1OC2=O. The molecule has 2 aliphatic rings. The lowest BCUT2D eigenvalue weighted by atomic mass is 9.94. The monoisotopic (exact) mass is 142 g/mol. The van der Waals surface area contributed by atoms with Gasteiger partial charge in [-0.3, -0.25) is 0 Å². The van der Waals surface area contributed by atoms with Gasteiger partial charge in [-0.25, -0.2) is 4.79 Å². The van der Waals surface area contributed by atoms with Gasteiger partial charge < -0.3 is 9.47 Å². The van der Waals surface area contributed by atoms with Gasteiger partial charge in [0.2, 0.25) is 5.60 Å². The standard InChI is InChI=1S/C7H10O3/c1-9-7-4-2-3-5(7)10-6(7)8/h5H,2-4H2,1H3/t5-,7-/m1/s1. The fourth-order valence-corrected chi connectivity index (χ4v) is 1.82. The van der Waals surface area contributed by atoms with Crippen LogP contribution in [0.25, 0.3) is 0 Å². The largest absolute Gasteiger partial charge is 0.456 e. The van der Waals surface area contributed by atoms with Crippen molar-refractivity contribution in [3.8, 4) is 0 Å². The summed E-state index contributed by atoms with van der Waals surface area (Å²) in [7, 11) is 1.58. The normalized spacial score (nSPS) is 44.1. The van der Waals surface area contributed by atoms with Gasteiger partial charge >= 0.3 is 5.97 Å². The Kier molecular flexibility index (Phi) is 1.06. The van der Waals surface area contributed by atoms with Crippen LogP contribution in [0.3, 0.4) is 0 Å². The molecule has 2 fully saturated rings. The van der Waals surface area contributed by atoms with Crippen molar-refractivity contribution in [3.63, 3.8) is 0 Å². The molecule has 3 heteroatoms. The Morgan fingerprint density at radius 2 is 2.60 bits per heavy atom. The van der Waals surface area contributed by atoms with Gasteiger partial charge in [0, 0.05) is 7.11 Å². The van der Waals surface area contributed by atoms with Crippen molar-refractivity contribution in [3.05, 3.63) is 0 Å². The number of rotatable bonds is 1. The number of fused-ring (bicyclic) bond motifs is 1. The lowest BCUT2D eigenvalue weighted by Gasteiger charge is -2.40. The predicted octanol–water partition coefficient (Wildman–Crippen LogP) is 0.481. The predicted molar refractivity (Wildman–Crippen MR) is 33.5 cm³/mol. The second-order valence-electron chi connectivity index (χ2n) is 2.88. The summed E-state index contributed by atoms with van der Waals surface area (Å²) < 4.78 is 10.0. The van der Waals surface area contributed by atoms with Gasteiger partial charge in [-0.2, -0.15) is 0 Å². The Bertz CT molecular complexity index is 178. The number of hydrogen-bond donors (Lipinski definition) is 0. The van der Waals surface area contributed by atoms with Crippen LogP contribution in [-0.4, -0.2) is 24.8 Å². The van der Waals surface area contributed by atoms with Gasteiger partial charge in [-0.15, -0.1) is 0 Å². The highest BCUT2D eigenvalue weighted by molar-refractivity contribution is 5.86. The summed E-state index contributed by atoms with van der Waals surface area (Å²) in [6.07, 6.45) is 2.92. The van der Waals surface area contributed by atoms with Crippen molar-refractivity contribution in [1.29, 1.82) is 0 Å². The van der Waals surface area contributed by atoms with Crippen LogP contribution in [0.4, 0.5) is 0 Å². The van der Waals surface area contributed by atoms with E-state index in [2.05, 4.69) is 0 Å². The number of hydrogen-bond acceptors (Lipinski definition) is 3. The molecule has 0 spiro atoms. The average Bonchev–Trinajstić information content (AvgIpc) is 2.26. The summed E-state index contributed by atoms with van der Waals surface area (Å²) in [5.74, 6) is -0.169. The van der Waals surface area contributed by atoms with Crippen molar-refractivity contribution in [2.24, 2.45) is 0 Å². The van der Waals surface area contributed by atoms with Gasteiger partial charge in [0.1, 0.15) is 6.10 Å². The number of methoxy groups -OCH3 is 1. The van der Waals surface area contributed by atoms with Crippen molar-refractivity contribution in [2.45, 2.75) is 31.0 Å². The van der Waals surface area contributed by atoms with Crippen molar-refractivity contribution < 1.29 is 14.3 Å². The van der Waals surface area contributed by atoms with Crippen LogP contribution in [-0.2, 0) is 14.3 Å². The maximum absolute atomic E-state index is 10.9. The average molecular weight is 142 g/mol. The molecule has 0 amide bonds. The van der Waals surface area contributed by atoms with Gasteiger partial charge in [0.15, 0.2) is 0 Å². The Balaban J connectivity index is 2.22. The molecule has 1 aliphatic heterocycles. The van der Waals surface area contributed by atoms with Gasteiger partial charge in [0.05, 0.1) is 0 Å². The topological polar surface area (TPSA) is 35.5 Å². The molecule has 0 bridgehead atoms. The molecule has 2 atom stereocenters. The maximum Gasteiger partial charge on any atom is 0.342 e. The summed E-state index contributed by atoms with van der Waals surface area (Å²) in [5.41, 5.74) is -0.528. The number of esters is 1. The summed E-state index contributed by atoms with van der Waals surface area (Å²) in [4.78, 5) is 10.9. The van der Waals surface area contributed by atoms with Crippen LogP contribution in [0.1, 0.15) is 19.3 Å². The molecule has 10 heavy (non-hydrogen) atoms. The highest BCUT2D eigenvalue weighted by atomic mass is 16.6. The third-order valence-corrected chi connectivity index (χ3v) is 2.49. The Hall–Kier alpha value is -0.570. The quantitative estimate of drug-likeness (QED) is 0.499. The summed E-state index contributed by atoms with van der Waals surface area (Å²) in [6.45, 7) is 0. The maximum atomic E-state index is 10.9. The van der Waals surface area contributed by atoms with E-state index in [9.17, 15) is 4.79 Å². The molecule has 1 aliphatic carbocycles. The van der Waals surface area contributed by atoms with E-state index in [1.165, 1.54) is 0 Å². The zero-order chi connectivity index (χ0) is 7.19. The van der Waals surface area contributed by atoms with Crippen LogP contribution in [0.5, 0.6) is 0 Å². The third-order valence-electron chi connectivity index (χ3n) is 2.49. The van der Waals surface area contributed by atoms with E-state index in [4.69, 9.17) is 9.47 Å². The van der Waals surface area contributed by atoms with Crippen molar-refractivity contribution in [2.75, 3.05) is 7.11 Å². The molecule has 1 saturated carbocycles. The molecule has 2 rings (SSSR count). The smallest absolute Gasteiger partial charge is 0.342 e. The molecule has 0 unspecified atom stereocenters. The minimum absolute atomic E-state index is 0.0602. The second kappa shape index (κ2) is 1.72. The molecule has 0 aromatic heterocycles. The summed E-state index contributed by atoms with van der Waals surface area (Å²) >= 11 is 0. The molecule has 1 heterocycles. The first-order chi connectivity index (χ1) is 4.79. The van der Waals surface area contributed by atoms with E-state index in [-0.39, 0.29) is 12.1 Å². The first-order valence-corrected chi connectivity index (χ1v) is 3.56. The zero-order valence-electron chi connectivity index (χ0n) is 5.92. The van der Waals surface area contributed by atoms with E-state index < -0.39 is 5.60 Å². The first kappa shape index (κ1) is 6.16. The highest BCUT2D eigenvalue weighted by Crippen LogP contribution is 2.43. The number of carbonyl (C=O) groups is 1. The van der Waals surface area contributed by atoms with E-state index in [0.717, 1.165) is 19.3 Å². The Labute approximate surface area is 59.3 Å². The van der Waals surface area contributed by atoms with Crippen LogP contribution in [0, 0.1) is 0 Å². The molecule has 0 radical (unpaired) electrons. The lowest BCUT2D eigenvalue weighted by molar-refractivity contribution is -0.227. The molecule has 0 N–H and O–H groups in total. The molecular formula is C7H10O3. The van der Waals surface area contributed by atoms with Crippen LogP contribution in [0.2, 0.25) is 0 Å². The second-order valence-corrected chi connectivity index (χ2v) is 2.88. The minimum atomic E-state index is -0.528. The van der Waals surface area contributed by atoms with Crippen molar-refractivity contribution >= 4 is 5.97 Å². The highest BCUT2D eigenvalue weighted by Gasteiger charge is 2.61. The molecular weight excluding hydrogens is 132 g/mol. The Morgan fingerprint density at radius 3 is 3.00 bits per heavy atom. The molecule has 1 saturated heterocycles. The minimum Gasteiger partial charge on any atom is -0.456 e. The molecule has 56 valence electrons. The number of ether oxygens (including phenoxy) is 2. The number of carbonyl (C=O) groups excluding carboxylic acids is 1. The van der Waals surface area contributed by atoms with Crippen LogP contribution >= 0.6 is 0 Å². The van der Waals surface area contributed by atoms with Gasteiger partial charge in [-0.05, 0) is 19.3 Å². The van der Waals surface area contributed by atoms with E-state index >= 15 is 0 Å². The van der Waals surface area contributed by atoms with Crippen molar-refractivity contribution in [1.82, 2.24) is 0 Å². The fraction of sp³-hybridized carbons (Fsp3) is 0.857. The van der Waals surface area contributed by atoms with Crippen LogP contribution in [0.15, 0.2) is 0 Å². The van der Waals surface area contributed by atoms with E-state index in [1.807, 2.05) is 0 Å². The first-order valence-electron chi connectivity index (χ1n) is 3.56. The third kappa shape index (κ3) is 0.475. The van der Waals surface area contributed by atoms with Crippen LogP contribution < -0.4 is 0 Å². The summed E-state index contributed by atoms with van der Waals surface area (Å²) in [5, 5.41) is 0. The molecule has 0 aromatic carbocycles. The molecule has 3 nitrogen and oxygen atoms in total. The molecule has 0 aromatic rings. The zero-order valence-corrected chi connectivity index (χ0v) is 5.92. The van der Waals surface area contributed by atoms with E-state index in [1.54, 1.807) is 7.11 Å². The van der Waals surface area contributed by atoms with Gasteiger partial charge in [0.25, 0.3) is 0 Å². The van der Waals surface area contributed by atoms with E-state index in [0.29, 0.717) is 0 Å². The summed E-state index contributed by atoms with van der Waals surface area (Å²) in [6, 6.07) is 0. The lowest BCUT2D eigenvalue weighted by Crippen LogP contribution is -2.60. The Morgan fingerprint density at radius 1 is 1.80 bits per heavy atom. The van der Waals surface area contributed by atoms with Gasteiger partial charge in [-0.1, -0.05) is 0 Å².